The first-order valence-electron chi connectivity index (χ1n) is 7.03. The van der Waals surface area contributed by atoms with Crippen LogP contribution in [-0.4, -0.2) is 59.9 Å². The molecule has 136 valence electrons. The second-order valence-corrected chi connectivity index (χ2v) is 6.47. The molecule has 0 radical (unpaired) electrons. The molecule has 0 unspecified atom stereocenters. The van der Waals surface area contributed by atoms with Gasteiger partial charge in [-0.05, 0) is 15.9 Å². The largest absolute Gasteiger partial charge is 0.462 e. The fraction of sp³-hybridized carbons (Fsp3) is 0.714. The third kappa shape index (κ3) is 5.75. The second-order valence-electron chi connectivity index (χ2n) is 5.13. The van der Waals surface area contributed by atoms with E-state index in [-0.39, 0.29) is 13.2 Å². The van der Waals surface area contributed by atoms with Crippen molar-refractivity contribution in [2.24, 2.45) is 0 Å². The van der Waals surface area contributed by atoms with Crippen LogP contribution in [0.5, 0.6) is 0 Å². The number of hydrogen-bond donors (Lipinski definition) is 0. The number of alkyl halides is 1. The Balaban J connectivity index is 3.14. The maximum Gasteiger partial charge on any atom is 0.303 e. The Kier molecular flexibility index (Phi) is 7.15. The van der Waals surface area contributed by atoms with Crippen LogP contribution in [0.4, 0.5) is 0 Å². The van der Waals surface area contributed by atoms with Gasteiger partial charge in [0.25, 0.3) is 0 Å². The summed E-state index contributed by atoms with van der Waals surface area (Å²) in [5.41, 5.74) is 0. The van der Waals surface area contributed by atoms with E-state index in [1.165, 1.54) is 13.8 Å². The number of rotatable bonds is 5. The van der Waals surface area contributed by atoms with Crippen molar-refractivity contribution >= 4 is 39.8 Å². The minimum Gasteiger partial charge on any atom is -0.462 e. The third-order valence-corrected chi connectivity index (χ3v) is 3.87. The first-order valence-corrected chi connectivity index (χ1v) is 7.82. The highest BCUT2D eigenvalue weighted by atomic mass is 79.9. The highest BCUT2D eigenvalue weighted by molar-refractivity contribution is 9.10. The first-order chi connectivity index (χ1) is 11.0. The maximum absolute atomic E-state index is 11.4. The molecule has 24 heavy (non-hydrogen) atoms. The van der Waals surface area contributed by atoms with Crippen molar-refractivity contribution in [3.05, 3.63) is 0 Å². The summed E-state index contributed by atoms with van der Waals surface area (Å²) in [5.74, 6) is -2.55. The van der Waals surface area contributed by atoms with Crippen molar-refractivity contribution in [3.8, 4) is 0 Å². The molecule has 0 amide bonds. The Labute approximate surface area is 147 Å². The van der Waals surface area contributed by atoms with Crippen molar-refractivity contribution in [1.82, 2.24) is 0 Å². The standard InChI is InChI=1S/C14H19BrO9/c1-7(16)20-6-14(15)13(24-10(4)19)12(23-9(3)18)11(5-21-14)22-8(2)17/h11-13H,5-6H2,1-4H3/t11-,12-,13+,14-/m1/s1. The number of ether oxygens (including phenoxy) is 5. The molecular weight excluding hydrogens is 392 g/mol. The maximum atomic E-state index is 11.4. The van der Waals surface area contributed by atoms with E-state index in [0.717, 1.165) is 13.8 Å². The van der Waals surface area contributed by atoms with Crippen LogP contribution in [0.1, 0.15) is 27.7 Å². The van der Waals surface area contributed by atoms with Gasteiger partial charge in [-0.3, -0.25) is 19.2 Å². The van der Waals surface area contributed by atoms with Gasteiger partial charge in [0.05, 0.1) is 6.61 Å². The smallest absolute Gasteiger partial charge is 0.303 e. The van der Waals surface area contributed by atoms with E-state index in [9.17, 15) is 19.2 Å². The lowest BCUT2D eigenvalue weighted by atomic mass is 9.99. The third-order valence-electron chi connectivity index (χ3n) is 2.96. The summed E-state index contributed by atoms with van der Waals surface area (Å²) in [4.78, 5) is 45.2. The van der Waals surface area contributed by atoms with Crippen LogP contribution in [0.2, 0.25) is 0 Å². The summed E-state index contributed by atoms with van der Waals surface area (Å²) in [5, 5.41) is 0. The molecule has 9 nitrogen and oxygen atoms in total. The van der Waals surface area contributed by atoms with Crippen molar-refractivity contribution in [2.45, 2.75) is 50.5 Å². The highest BCUT2D eigenvalue weighted by Gasteiger charge is 2.55. The van der Waals surface area contributed by atoms with E-state index in [4.69, 9.17) is 23.7 Å². The van der Waals surface area contributed by atoms with Crippen LogP contribution in [0.25, 0.3) is 0 Å². The Hall–Kier alpha value is -1.68. The molecule has 1 aliphatic heterocycles. The lowest BCUT2D eigenvalue weighted by Crippen LogP contribution is -2.63. The van der Waals surface area contributed by atoms with Gasteiger partial charge in [-0.15, -0.1) is 0 Å². The zero-order chi connectivity index (χ0) is 18.5. The Bertz CT molecular complexity index is 520. The normalized spacial score (nSPS) is 29.3. The molecule has 0 aliphatic carbocycles. The minimum absolute atomic E-state index is 0.165. The summed E-state index contributed by atoms with van der Waals surface area (Å²) < 4.78 is 24.5. The molecule has 1 aliphatic rings. The molecule has 1 saturated heterocycles. The van der Waals surface area contributed by atoms with Gasteiger partial charge in [0, 0.05) is 27.7 Å². The van der Waals surface area contributed by atoms with Gasteiger partial charge in [0.1, 0.15) is 6.61 Å². The molecule has 1 fully saturated rings. The van der Waals surface area contributed by atoms with Gasteiger partial charge >= 0.3 is 23.9 Å². The predicted molar refractivity (Wildman–Crippen MR) is 80.9 cm³/mol. The second kappa shape index (κ2) is 8.43. The minimum atomic E-state index is -1.46. The Morgan fingerprint density at radius 1 is 0.958 bits per heavy atom. The zero-order valence-electron chi connectivity index (χ0n) is 13.7. The quantitative estimate of drug-likeness (QED) is 0.362. The number of carbonyl (C=O) groups excluding carboxylic acids is 4. The lowest BCUT2D eigenvalue weighted by Gasteiger charge is -2.44. The van der Waals surface area contributed by atoms with E-state index >= 15 is 0 Å². The van der Waals surface area contributed by atoms with Gasteiger partial charge in [-0.2, -0.15) is 0 Å². The van der Waals surface area contributed by atoms with Crippen molar-refractivity contribution in [2.75, 3.05) is 13.2 Å². The number of esters is 4. The van der Waals surface area contributed by atoms with Crippen LogP contribution < -0.4 is 0 Å². The molecule has 1 rings (SSSR count). The van der Waals surface area contributed by atoms with Crippen LogP contribution >= 0.6 is 15.9 Å². The monoisotopic (exact) mass is 410 g/mol. The van der Waals surface area contributed by atoms with E-state index in [1.54, 1.807) is 0 Å². The lowest BCUT2D eigenvalue weighted by molar-refractivity contribution is -0.238. The molecule has 1 heterocycles. The topological polar surface area (TPSA) is 114 Å². The molecule has 0 aromatic rings. The van der Waals surface area contributed by atoms with Gasteiger partial charge in [0.15, 0.2) is 22.8 Å². The van der Waals surface area contributed by atoms with E-state index in [0.29, 0.717) is 0 Å². The molecule has 0 N–H and O–H groups in total. The van der Waals surface area contributed by atoms with Gasteiger partial charge < -0.3 is 23.7 Å². The predicted octanol–water partition coefficient (Wildman–Crippen LogP) is 0.466. The number of hydrogen-bond acceptors (Lipinski definition) is 9. The average Bonchev–Trinajstić information content (AvgIpc) is 2.43. The van der Waals surface area contributed by atoms with Crippen molar-refractivity contribution < 1.29 is 42.9 Å². The molecule has 0 bridgehead atoms. The van der Waals surface area contributed by atoms with Crippen LogP contribution in [0.3, 0.4) is 0 Å². The molecule has 0 aromatic carbocycles. The number of halogens is 1. The Morgan fingerprint density at radius 2 is 1.50 bits per heavy atom. The van der Waals surface area contributed by atoms with Crippen LogP contribution in [0.15, 0.2) is 0 Å². The van der Waals surface area contributed by atoms with Crippen LogP contribution in [-0.2, 0) is 42.9 Å². The summed E-state index contributed by atoms with van der Waals surface area (Å²) in [6.45, 7) is 4.21. The summed E-state index contributed by atoms with van der Waals surface area (Å²) >= 11 is 3.24. The Morgan fingerprint density at radius 3 is 1.96 bits per heavy atom. The fourth-order valence-electron chi connectivity index (χ4n) is 2.14. The summed E-state index contributed by atoms with van der Waals surface area (Å²) in [7, 11) is 0. The average molecular weight is 411 g/mol. The van der Waals surface area contributed by atoms with E-state index in [1.807, 2.05) is 0 Å². The molecule has 0 aromatic heterocycles. The van der Waals surface area contributed by atoms with Crippen molar-refractivity contribution in [1.29, 1.82) is 0 Å². The molecule has 10 heteroatoms. The van der Waals surface area contributed by atoms with E-state index in [2.05, 4.69) is 15.9 Å². The van der Waals surface area contributed by atoms with Crippen molar-refractivity contribution in [3.63, 3.8) is 0 Å². The van der Waals surface area contributed by atoms with Crippen LogP contribution in [0, 0.1) is 0 Å². The molecular formula is C14H19BrO9. The first kappa shape index (κ1) is 20.4. The highest BCUT2D eigenvalue weighted by Crippen LogP contribution is 2.37. The van der Waals surface area contributed by atoms with Gasteiger partial charge in [0.2, 0.25) is 0 Å². The molecule has 0 spiro atoms. The van der Waals surface area contributed by atoms with Gasteiger partial charge in [-0.25, -0.2) is 0 Å². The fourth-order valence-corrected chi connectivity index (χ4v) is 2.74. The molecule has 4 atom stereocenters. The molecule has 0 saturated carbocycles. The van der Waals surface area contributed by atoms with Gasteiger partial charge in [-0.1, -0.05) is 0 Å². The number of carbonyl (C=O) groups is 4. The van der Waals surface area contributed by atoms with E-state index < -0.39 is 46.7 Å². The SMILES string of the molecule is CC(=O)OC[C@@]1(Br)OC[C@@H](OC(C)=O)[C@@H](OC(C)=O)[C@@H]1OC(C)=O. The summed E-state index contributed by atoms with van der Waals surface area (Å²) in [6, 6.07) is 0. The summed E-state index contributed by atoms with van der Waals surface area (Å²) in [6.07, 6.45) is -3.34. The zero-order valence-corrected chi connectivity index (χ0v) is 15.3.